The van der Waals surface area contributed by atoms with Crippen LogP contribution in [0.4, 0.5) is 4.39 Å². The Morgan fingerprint density at radius 1 is 0.962 bits per heavy atom. The monoisotopic (exact) mass is 782 g/mol. The van der Waals surface area contributed by atoms with Crippen molar-refractivity contribution in [3.05, 3.63) is 134 Å². The van der Waals surface area contributed by atoms with Crippen molar-refractivity contribution in [2.75, 3.05) is 32.4 Å². The summed E-state index contributed by atoms with van der Waals surface area (Å²) in [6, 6.07) is 22.1. The highest BCUT2D eigenvalue weighted by molar-refractivity contribution is 7.98. The summed E-state index contributed by atoms with van der Waals surface area (Å²) in [5.74, 6) is -0.285. The van der Waals surface area contributed by atoms with Crippen LogP contribution in [0.1, 0.15) is 54.6 Å². The van der Waals surface area contributed by atoms with Crippen molar-refractivity contribution in [3.8, 4) is 11.1 Å². The molecule has 0 bridgehead atoms. The maximum atomic E-state index is 14.2. The Morgan fingerprint density at radius 2 is 1.55 bits per heavy atom. The number of carbonyl (C=O) groups is 1. The number of rotatable bonds is 15. The van der Waals surface area contributed by atoms with E-state index in [1.54, 1.807) is 24.5 Å². The lowest BCUT2D eigenvalue weighted by Gasteiger charge is -2.27. The number of hydrogen-bond acceptors (Lipinski definition) is 8. The quantitative estimate of drug-likeness (QED) is 0.0591. The summed E-state index contributed by atoms with van der Waals surface area (Å²) in [5, 5.41) is 7.97. The fourth-order valence-electron chi connectivity index (χ4n) is 5.57. The van der Waals surface area contributed by atoms with E-state index in [9.17, 15) is 22.4 Å². The predicted octanol–water partition coefficient (Wildman–Crippen LogP) is 6.81. The normalized spacial score (nSPS) is 11.9. The Labute approximate surface area is 318 Å². The highest BCUT2D eigenvalue weighted by Crippen LogP contribution is 2.27. The lowest BCUT2D eigenvalue weighted by Crippen LogP contribution is -2.39. The minimum atomic E-state index is -3.67. The van der Waals surface area contributed by atoms with Crippen molar-refractivity contribution in [2.24, 2.45) is 0 Å². The van der Waals surface area contributed by atoms with Gasteiger partial charge < -0.3 is 14.8 Å². The Morgan fingerprint density at radius 3 is 2.11 bits per heavy atom. The van der Waals surface area contributed by atoms with Crippen LogP contribution in [0.3, 0.4) is 0 Å². The molecule has 0 saturated heterocycles. The van der Waals surface area contributed by atoms with Crippen LogP contribution in [0, 0.1) is 5.82 Å². The standard InChI is InChI=1S/C37H40ClFN6O2S.CH4O3S/c1-4-44(5-2)18-19-45(23-26-6-10-28(11-7-26)29-12-14-31(38)15-13-29)34(46)20-33-35(25(3)30-21-40-41-22-30)36(47)43-37(42-33)48-24-27-8-16-32(39)17-9-27;1-5(2,3)4/h6-17,21-22,25H,4-5,18-20,23-24H2,1-3H3,(H,40,41)(H,42,43,47);1H3,(H,2,3,4). The van der Waals surface area contributed by atoms with Crippen molar-refractivity contribution >= 4 is 39.4 Å². The van der Waals surface area contributed by atoms with E-state index >= 15 is 0 Å². The van der Waals surface area contributed by atoms with Crippen LogP contribution in [0.25, 0.3) is 11.1 Å². The number of aromatic nitrogens is 4. The van der Waals surface area contributed by atoms with Gasteiger partial charge in [0.15, 0.2) is 5.16 Å². The molecule has 0 radical (unpaired) electrons. The summed E-state index contributed by atoms with van der Waals surface area (Å²) < 4.78 is 39.3. The van der Waals surface area contributed by atoms with Crippen LogP contribution < -0.4 is 5.56 Å². The number of carbonyl (C=O) groups excluding carboxylic acids is 1. The zero-order valence-electron chi connectivity index (χ0n) is 30.1. The first-order chi connectivity index (χ1) is 25.2. The molecule has 1 atom stereocenters. The van der Waals surface area contributed by atoms with Crippen LogP contribution in [-0.2, 0) is 33.6 Å². The van der Waals surface area contributed by atoms with E-state index in [1.807, 2.05) is 48.2 Å². The van der Waals surface area contributed by atoms with Gasteiger partial charge in [0.2, 0.25) is 5.91 Å². The Kier molecular flexibility index (Phi) is 15.4. The second-order valence-electron chi connectivity index (χ2n) is 12.4. The van der Waals surface area contributed by atoms with Crippen LogP contribution in [0.5, 0.6) is 0 Å². The molecule has 0 saturated carbocycles. The van der Waals surface area contributed by atoms with E-state index in [2.05, 4.69) is 46.1 Å². The number of thioether (sulfide) groups is 1. The van der Waals surface area contributed by atoms with Gasteiger partial charge in [-0.3, -0.25) is 19.2 Å². The first-order valence-corrected chi connectivity index (χ1v) is 20.2. The summed E-state index contributed by atoms with van der Waals surface area (Å²) in [7, 11) is -3.67. The van der Waals surface area contributed by atoms with Gasteiger partial charge in [-0.2, -0.15) is 13.5 Å². The summed E-state index contributed by atoms with van der Waals surface area (Å²) in [4.78, 5) is 39.7. The summed E-state index contributed by atoms with van der Waals surface area (Å²) in [6.07, 6.45) is 4.10. The molecule has 11 nitrogen and oxygen atoms in total. The molecule has 3 aromatic carbocycles. The lowest BCUT2D eigenvalue weighted by molar-refractivity contribution is -0.131. The van der Waals surface area contributed by atoms with Crippen molar-refractivity contribution in [2.45, 2.75) is 50.6 Å². The van der Waals surface area contributed by atoms with Gasteiger partial charge in [-0.25, -0.2) is 9.37 Å². The summed E-state index contributed by atoms with van der Waals surface area (Å²) >= 11 is 7.41. The van der Waals surface area contributed by atoms with Gasteiger partial charge >= 0.3 is 0 Å². The fraction of sp³-hybridized carbons (Fsp3) is 0.316. The minimum Gasteiger partial charge on any atom is -0.337 e. The topological polar surface area (TPSA) is 152 Å². The van der Waals surface area contributed by atoms with Gasteiger partial charge in [-0.05, 0) is 65.2 Å². The van der Waals surface area contributed by atoms with Crippen molar-refractivity contribution in [3.63, 3.8) is 0 Å². The van der Waals surface area contributed by atoms with Gasteiger partial charge in [0.1, 0.15) is 5.82 Å². The number of amides is 1. The predicted molar refractivity (Wildman–Crippen MR) is 208 cm³/mol. The molecule has 2 aromatic heterocycles. The maximum absolute atomic E-state index is 14.2. The maximum Gasteiger partial charge on any atom is 0.261 e. The molecular formula is C38H44ClFN6O5S2. The molecule has 53 heavy (non-hydrogen) atoms. The SMILES string of the molecule is CCN(CC)CCN(Cc1ccc(-c2ccc(Cl)cc2)cc1)C(=O)Cc1nc(SCc2ccc(F)cc2)[nH]c(=O)c1C(C)c1cn[nH]c1.CS(=O)(=O)O. The summed E-state index contributed by atoms with van der Waals surface area (Å²) in [5.41, 5.74) is 5.42. The first-order valence-electron chi connectivity index (χ1n) is 17.0. The van der Waals surface area contributed by atoms with E-state index < -0.39 is 10.1 Å². The van der Waals surface area contributed by atoms with Gasteiger partial charge in [-0.15, -0.1) is 0 Å². The molecule has 1 unspecified atom stereocenters. The largest absolute Gasteiger partial charge is 0.337 e. The van der Waals surface area contributed by atoms with Gasteiger partial charge in [-0.1, -0.05) is 92.7 Å². The molecule has 282 valence electrons. The molecule has 2 heterocycles. The molecule has 15 heteroatoms. The molecule has 3 N–H and O–H groups in total. The van der Waals surface area contributed by atoms with Crippen LogP contribution in [0.2, 0.25) is 5.02 Å². The molecule has 5 rings (SSSR count). The fourth-order valence-corrected chi connectivity index (χ4v) is 6.53. The number of benzene rings is 3. The second-order valence-corrected chi connectivity index (χ2v) is 15.2. The smallest absolute Gasteiger partial charge is 0.261 e. The van der Waals surface area contributed by atoms with Crippen LogP contribution >= 0.6 is 23.4 Å². The van der Waals surface area contributed by atoms with E-state index in [0.29, 0.717) is 46.5 Å². The molecular weight excluding hydrogens is 739 g/mol. The number of likely N-dealkylation sites (N-methyl/N-ethyl adjacent to an activating group) is 1. The molecule has 0 spiro atoms. The van der Waals surface area contributed by atoms with E-state index in [1.165, 1.54) is 23.9 Å². The number of aromatic amines is 2. The third-order valence-electron chi connectivity index (χ3n) is 8.51. The Hall–Kier alpha value is -4.34. The van der Waals surface area contributed by atoms with E-state index in [0.717, 1.165) is 47.5 Å². The second kappa shape index (κ2) is 19.7. The zero-order chi connectivity index (χ0) is 38.5. The van der Waals surface area contributed by atoms with Gasteiger partial charge in [0.05, 0.1) is 24.6 Å². The van der Waals surface area contributed by atoms with Gasteiger partial charge in [0.25, 0.3) is 15.7 Å². The molecule has 0 aliphatic carbocycles. The van der Waals surface area contributed by atoms with Crippen molar-refractivity contribution in [1.82, 2.24) is 30.0 Å². The van der Waals surface area contributed by atoms with E-state index in [-0.39, 0.29) is 29.6 Å². The first kappa shape index (κ1) is 41.4. The van der Waals surface area contributed by atoms with Crippen LogP contribution in [0.15, 0.2) is 95.1 Å². The third-order valence-corrected chi connectivity index (χ3v) is 9.71. The Balaban J connectivity index is 0.00000117. The highest BCUT2D eigenvalue weighted by Gasteiger charge is 2.25. The van der Waals surface area contributed by atoms with Crippen LogP contribution in [-0.4, -0.2) is 81.3 Å². The molecule has 0 aliphatic heterocycles. The number of nitrogens with zero attached hydrogens (tertiary/aromatic N) is 4. The number of nitrogens with one attached hydrogen (secondary N) is 2. The molecule has 0 aliphatic rings. The van der Waals surface area contributed by atoms with Crippen molar-refractivity contribution < 1.29 is 22.2 Å². The average Bonchev–Trinajstić information content (AvgIpc) is 3.66. The minimum absolute atomic E-state index is 0.0351. The molecule has 0 fully saturated rings. The van der Waals surface area contributed by atoms with Gasteiger partial charge in [0, 0.05) is 48.1 Å². The Bertz CT molecular complexity index is 2070. The highest BCUT2D eigenvalue weighted by atomic mass is 35.5. The number of H-pyrrole nitrogens is 2. The average molecular weight is 783 g/mol. The van der Waals surface area contributed by atoms with Crippen molar-refractivity contribution in [1.29, 1.82) is 0 Å². The molecule has 1 amide bonds. The number of hydrogen-bond donors (Lipinski definition) is 3. The third kappa shape index (κ3) is 13.2. The van der Waals surface area contributed by atoms with E-state index in [4.69, 9.17) is 21.1 Å². The lowest BCUT2D eigenvalue weighted by atomic mass is 9.94. The summed E-state index contributed by atoms with van der Waals surface area (Å²) in [6.45, 7) is 9.57. The zero-order valence-corrected chi connectivity index (χ0v) is 32.4. The number of halogens is 2. The molecule has 5 aromatic rings.